The molecule has 1 aliphatic rings. The molecule has 0 bridgehead atoms. The standard InChI is InChI=1S/C22H22FN3OS/c1-14-10-18(16-5-7-19(23)8-6-16)11-20(25-14)17-4-3-9-26(12-17)22(27)21-15(2)24-13-28-21/h5-8,10-11,13,17H,3-4,9,12H2,1-2H3/t17-/m0/s1. The summed E-state index contributed by atoms with van der Waals surface area (Å²) in [6, 6.07) is 10.6. The molecule has 3 aromatic rings. The fraction of sp³-hybridized carbons (Fsp3) is 0.318. The normalized spacial score (nSPS) is 17.0. The van der Waals surface area contributed by atoms with Gasteiger partial charge in [-0.1, -0.05) is 12.1 Å². The number of piperidine rings is 1. The second kappa shape index (κ2) is 7.80. The zero-order valence-electron chi connectivity index (χ0n) is 16.0. The molecule has 0 unspecified atom stereocenters. The first-order valence-corrected chi connectivity index (χ1v) is 10.3. The highest BCUT2D eigenvalue weighted by Crippen LogP contribution is 2.31. The van der Waals surface area contributed by atoms with Crippen LogP contribution in [0.4, 0.5) is 4.39 Å². The van der Waals surface area contributed by atoms with E-state index < -0.39 is 0 Å². The van der Waals surface area contributed by atoms with Crippen molar-refractivity contribution in [1.29, 1.82) is 0 Å². The Morgan fingerprint density at radius 3 is 2.68 bits per heavy atom. The molecule has 0 radical (unpaired) electrons. The molecule has 3 heterocycles. The highest BCUT2D eigenvalue weighted by molar-refractivity contribution is 7.11. The molecule has 2 aromatic heterocycles. The van der Waals surface area contributed by atoms with Crippen molar-refractivity contribution < 1.29 is 9.18 Å². The van der Waals surface area contributed by atoms with Gasteiger partial charge in [0.25, 0.3) is 5.91 Å². The number of benzene rings is 1. The van der Waals surface area contributed by atoms with Gasteiger partial charge in [0.2, 0.25) is 0 Å². The van der Waals surface area contributed by atoms with Crippen LogP contribution in [0.2, 0.25) is 0 Å². The molecular weight excluding hydrogens is 373 g/mol. The summed E-state index contributed by atoms with van der Waals surface area (Å²) in [6.07, 6.45) is 1.96. The van der Waals surface area contributed by atoms with Gasteiger partial charge in [-0.25, -0.2) is 9.37 Å². The van der Waals surface area contributed by atoms with E-state index in [0.717, 1.165) is 52.5 Å². The first kappa shape index (κ1) is 18.7. The third-order valence-electron chi connectivity index (χ3n) is 5.22. The molecular formula is C22H22FN3OS. The van der Waals surface area contributed by atoms with Gasteiger partial charge < -0.3 is 4.90 Å². The number of carbonyl (C=O) groups excluding carboxylic acids is 1. The highest BCUT2D eigenvalue weighted by Gasteiger charge is 2.28. The lowest BCUT2D eigenvalue weighted by atomic mass is 9.92. The molecule has 1 fully saturated rings. The lowest BCUT2D eigenvalue weighted by Crippen LogP contribution is -2.39. The van der Waals surface area contributed by atoms with Crippen molar-refractivity contribution in [3.8, 4) is 11.1 Å². The SMILES string of the molecule is Cc1cc(-c2ccc(F)cc2)cc([C@H]2CCCN(C(=O)c3scnc3C)C2)n1. The van der Waals surface area contributed by atoms with E-state index in [1.165, 1.54) is 23.5 Å². The van der Waals surface area contributed by atoms with Crippen LogP contribution in [-0.2, 0) is 0 Å². The smallest absolute Gasteiger partial charge is 0.265 e. The van der Waals surface area contributed by atoms with Gasteiger partial charge in [-0.15, -0.1) is 11.3 Å². The first-order valence-electron chi connectivity index (χ1n) is 9.45. The number of halogens is 1. The van der Waals surface area contributed by atoms with Crippen molar-refractivity contribution in [2.75, 3.05) is 13.1 Å². The minimum Gasteiger partial charge on any atom is -0.337 e. The number of hydrogen-bond donors (Lipinski definition) is 0. The molecule has 4 nitrogen and oxygen atoms in total. The van der Waals surface area contributed by atoms with Crippen molar-refractivity contribution in [3.05, 3.63) is 69.7 Å². The quantitative estimate of drug-likeness (QED) is 0.628. The third kappa shape index (κ3) is 3.83. The first-order chi connectivity index (χ1) is 13.5. The van der Waals surface area contributed by atoms with Crippen molar-refractivity contribution in [2.24, 2.45) is 0 Å². The second-order valence-electron chi connectivity index (χ2n) is 7.29. The molecule has 6 heteroatoms. The van der Waals surface area contributed by atoms with Crippen molar-refractivity contribution in [1.82, 2.24) is 14.9 Å². The summed E-state index contributed by atoms with van der Waals surface area (Å²) in [4.78, 5) is 24.5. The fourth-order valence-corrected chi connectivity index (χ4v) is 4.54. The average molecular weight is 396 g/mol. The van der Waals surface area contributed by atoms with Gasteiger partial charge in [0.15, 0.2) is 0 Å². The largest absolute Gasteiger partial charge is 0.337 e. The van der Waals surface area contributed by atoms with Gasteiger partial charge in [-0.3, -0.25) is 9.78 Å². The van der Waals surface area contributed by atoms with E-state index >= 15 is 0 Å². The Bertz CT molecular complexity index is 999. The van der Waals surface area contributed by atoms with E-state index in [0.29, 0.717) is 6.54 Å². The van der Waals surface area contributed by atoms with E-state index in [1.54, 1.807) is 17.6 Å². The number of hydrogen-bond acceptors (Lipinski definition) is 4. The Kier molecular flexibility index (Phi) is 5.22. The Morgan fingerprint density at radius 2 is 1.96 bits per heavy atom. The maximum atomic E-state index is 13.3. The molecule has 1 saturated heterocycles. The number of amides is 1. The minimum atomic E-state index is -0.241. The third-order valence-corrected chi connectivity index (χ3v) is 6.13. The highest BCUT2D eigenvalue weighted by atomic mass is 32.1. The number of aryl methyl sites for hydroxylation is 2. The maximum Gasteiger partial charge on any atom is 0.265 e. The fourth-order valence-electron chi connectivity index (χ4n) is 3.77. The summed E-state index contributed by atoms with van der Waals surface area (Å²) in [5.74, 6) is 0.0238. The molecule has 0 saturated carbocycles. The molecule has 144 valence electrons. The number of carbonyl (C=O) groups is 1. The number of rotatable bonds is 3. The summed E-state index contributed by atoms with van der Waals surface area (Å²) in [6.45, 7) is 5.28. The summed E-state index contributed by atoms with van der Waals surface area (Å²) < 4.78 is 13.3. The Hall–Kier alpha value is -2.60. The van der Waals surface area contributed by atoms with Gasteiger partial charge in [0.1, 0.15) is 10.7 Å². The summed E-state index contributed by atoms with van der Waals surface area (Å²) in [5, 5.41) is 0. The van der Waals surface area contributed by atoms with Crippen LogP contribution in [0.5, 0.6) is 0 Å². The Morgan fingerprint density at radius 1 is 1.18 bits per heavy atom. The van der Waals surface area contributed by atoms with E-state index in [4.69, 9.17) is 4.98 Å². The van der Waals surface area contributed by atoms with Gasteiger partial charge >= 0.3 is 0 Å². The zero-order valence-corrected chi connectivity index (χ0v) is 16.8. The summed E-state index contributed by atoms with van der Waals surface area (Å²) in [5.41, 5.74) is 6.45. The molecule has 1 atom stereocenters. The van der Waals surface area contributed by atoms with Crippen LogP contribution in [0.25, 0.3) is 11.1 Å². The van der Waals surface area contributed by atoms with E-state index in [2.05, 4.69) is 11.1 Å². The van der Waals surface area contributed by atoms with E-state index in [-0.39, 0.29) is 17.6 Å². The number of aromatic nitrogens is 2. The topological polar surface area (TPSA) is 46.1 Å². The molecule has 4 rings (SSSR count). The monoisotopic (exact) mass is 395 g/mol. The van der Waals surface area contributed by atoms with Crippen molar-refractivity contribution in [2.45, 2.75) is 32.6 Å². The lowest BCUT2D eigenvalue weighted by molar-refractivity contribution is 0.0710. The number of likely N-dealkylation sites (tertiary alicyclic amines) is 1. The van der Waals surface area contributed by atoms with Crippen molar-refractivity contribution in [3.63, 3.8) is 0 Å². The van der Waals surface area contributed by atoms with Gasteiger partial charge in [0, 0.05) is 30.4 Å². The second-order valence-corrected chi connectivity index (χ2v) is 8.14. The van der Waals surface area contributed by atoms with E-state index in [1.807, 2.05) is 24.8 Å². The number of thiazole rings is 1. The van der Waals surface area contributed by atoms with Crippen LogP contribution in [0.3, 0.4) is 0 Å². The van der Waals surface area contributed by atoms with Crippen LogP contribution in [0.1, 0.15) is 45.5 Å². The summed E-state index contributed by atoms with van der Waals surface area (Å²) >= 11 is 1.40. The molecule has 0 spiro atoms. The Balaban J connectivity index is 1.59. The molecule has 1 aromatic carbocycles. The molecule has 1 aliphatic heterocycles. The minimum absolute atomic E-state index is 0.0658. The maximum absolute atomic E-state index is 13.3. The van der Waals surface area contributed by atoms with Crippen LogP contribution in [0, 0.1) is 19.7 Å². The van der Waals surface area contributed by atoms with Crippen molar-refractivity contribution >= 4 is 17.2 Å². The summed E-state index contributed by atoms with van der Waals surface area (Å²) in [7, 11) is 0. The number of pyridine rings is 1. The molecule has 1 amide bonds. The zero-order chi connectivity index (χ0) is 19.7. The Labute approximate surface area is 168 Å². The number of nitrogens with zero attached hydrogens (tertiary/aromatic N) is 3. The average Bonchev–Trinajstić information content (AvgIpc) is 3.13. The van der Waals surface area contributed by atoms with Crippen LogP contribution in [-0.4, -0.2) is 33.9 Å². The van der Waals surface area contributed by atoms with Gasteiger partial charge in [-0.05, 0) is 62.1 Å². The molecule has 0 N–H and O–H groups in total. The van der Waals surface area contributed by atoms with Crippen LogP contribution >= 0.6 is 11.3 Å². The lowest BCUT2D eigenvalue weighted by Gasteiger charge is -2.32. The van der Waals surface area contributed by atoms with E-state index in [9.17, 15) is 9.18 Å². The van der Waals surface area contributed by atoms with Crippen LogP contribution < -0.4 is 0 Å². The van der Waals surface area contributed by atoms with Gasteiger partial charge in [-0.2, -0.15) is 0 Å². The molecule has 0 aliphatic carbocycles. The predicted octanol–water partition coefficient (Wildman–Crippen LogP) is 4.98. The van der Waals surface area contributed by atoms with Gasteiger partial charge in [0.05, 0.1) is 11.2 Å². The molecule has 28 heavy (non-hydrogen) atoms. The van der Waals surface area contributed by atoms with Crippen LogP contribution in [0.15, 0.2) is 41.9 Å². The predicted molar refractivity (Wildman–Crippen MR) is 109 cm³/mol.